The molecule has 2 aromatic rings. The highest BCUT2D eigenvalue weighted by Gasteiger charge is 2.42. The fourth-order valence-electron chi connectivity index (χ4n) is 3.59. The molecule has 0 fully saturated rings. The molecule has 10 heteroatoms. The minimum absolute atomic E-state index is 0.118. The van der Waals surface area contributed by atoms with Gasteiger partial charge in [-0.25, -0.2) is 0 Å². The number of rotatable bonds is 9. The Hall–Kier alpha value is -3.27. The summed E-state index contributed by atoms with van der Waals surface area (Å²) < 4.78 is 45.5. The smallest absolute Gasteiger partial charge is 0.418 e. The van der Waals surface area contributed by atoms with Crippen molar-refractivity contribution in [2.24, 2.45) is 0 Å². The molecule has 2 aromatic carbocycles. The summed E-state index contributed by atoms with van der Waals surface area (Å²) in [5.41, 5.74) is 1.41. The van der Waals surface area contributed by atoms with Gasteiger partial charge in [-0.15, -0.1) is 0 Å². The van der Waals surface area contributed by atoms with Gasteiger partial charge in [0.05, 0.1) is 5.56 Å². The molecule has 0 spiro atoms. The molecule has 0 aliphatic carbocycles. The molecule has 0 heterocycles. The average molecular weight is 482 g/mol. The van der Waals surface area contributed by atoms with E-state index in [9.17, 15) is 27.9 Å². The third-order valence-electron chi connectivity index (χ3n) is 5.57. The molecule has 0 aliphatic heterocycles. The van der Waals surface area contributed by atoms with E-state index in [1.54, 1.807) is 24.3 Å². The monoisotopic (exact) mass is 481 g/mol. The van der Waals surface area contributed by atoms with Crippen LogP contribution in [-0.4, -0.2) is 28.1 Å². The van der Waals surface area contributed by atoms with Crippen LogP contribution in [0.4, 0.5) is 30.2 Å². The van der Waals surface area contributed by atoms with Crippen molar-refractivity contribution in [3.63, 3.8) is 0 Å². The minimum Gasteiger partial charge on any atom is -0.487 e. The van der Waals surface area contributed by atoms with Crippen LogP contribution in [0.2, 0.25) is 0 Å². The Balaban J connectivity index is 2.20. The molecule has 0 aromatic heterocycles. The van der Waals surface area contributed by atoms with Gasteiger partial charge in [0.15, 0.2) is 0 Å². The SMILES string of the molecule is CCC(CC)(CC(C)(O)C(=O)Nc1ccc(N)c(C(F)(F)F)c1)Oc1ccc(NC(C)=O)cc1. The number of anilines is 3. The summed E-state index contributed by atoms with van der Waals surface area (Å²) in [4.78, 5) is 24.0. The molecular weight excluding hydrogens is 451 g/mol. The summed E-state index contributed by atoms with van der Waals surface area (Å²) in [6.45, 7) is 6.37. The first-order chi connectivity index (χ1) is 15.7. The number of hydrogen-bond donors (Lipinski definition) is 4. The Kier molecular flexibility index (Phi) is 8.20. The number of nitrogens with one attached hydrogen (secondary N) is 2. The number of halogens is 3. The zero-order chi connectivity index (χ0) is 25.7. The summed E-state index contributed by atoms with van der Waals surface area (Å²) in [5, 5.41) is 16.0. The maximum absolute atomic E-state index is 13.1. The van der Waals surface area contributed by atoms with Crippen molar-refractivity contribution in [2.45, 2.75) is 64.3 Å². The molecule has 0 radical (unpaired) electrons. The van der Waals surface area contributed by atoms with Crippen molar-refractivity contribution < 1.29 is 32.6 Å². The van der Waals surface area contributed by atoms with E-state index in [1.807, 2.05) is 13.8 Å². The Morgan fingerprint density at radius 2 is 1.56 bits per heavy atom. The van der Waals surface area contributed by atoms with E-state index in [0.717, 1.165) is 12.1 Å². The standard InChI is InChI=1S/C24H30F3N3O4/c1-5-23(6-2,34-18-10-7-16(8-11-18)29-15(3)31)14-22(4,33)21(32)30-17-9-12-20(28)19(13-17)24(25,26)27/h7-13,33H,5-6,14,28H2,1-4H3,(H,29,31)(H,30,32). The maximum atomic E-state index is 13.1. The van der Waals surface area contributed by atoms with Crippen molar-refractivity contribution in [1.82, 2.24) is 0 Å². The Morgan fingerprint density at radius 3 is 2.06 bits per heavy atom. The number of carbonyl (C=O) groups is 2. The van der Waals surface area contributed by atoms with Crippen molar-refractivity contribution in [1.29, 1.82) is 0 Å². The van der Waals surface area contributed by atoms with Crippen LogP contribution in [0.15, 0.2) is 42.5 Å². The fourth-order valence-corrected chi connectivity index (χ4v) is 3.59. The van der Waals surface area contributed by atoms with Crippen LogP contribution in [0.25, 0.3) is 0 Å². The van der Waals surface area contributed by atoms with Crippen molar-refractivity contribution in [2.75, 3.05) is 16.4 Å². The van der Waals surface area contributed by atoms with Crippen molar-refractivity contribution >= 4 is 28.9 Å². The summed E-state index contributed by atoms with van der Waals surface area (Å²) in [7, 11) is 0. The predicted molar refractivity (Wildman–Crippen MR) is 124 cm³/mol. The molecule has 5 N–H and O–H groups in total. The number of aliphatic hydroxyl groups is 1. The number of benzene rings is 2. The second kappa shape index (κ2) is 10.3. The second-order valence-electron chi connectivity index (χ2n) is 8.40. The van der Waals surface area contributed by atoms with Crippen molar-refractivity contribution in [3.05, 3.63) is 48.0 Å². The Morgan fingerprint density at radius 1 is 1.00 bits per heavy atom. The number of carbonyl (C=O) groups excluding carboxylic acids is 2. The van der Waals surface area contributed by atoms with Gasteiger partial charge < -0.3 is 26.2 Å². The van der Waals surface area contributed by atoms with Gasteiger partial charge in [-0.05, 0) is 62.2 Å². The number of hydrogen-bond acceptors (Lipinski definition) is 5. The third kappa shape index (κ3) is 6.86. The van der Waals surface area contributed by atoms with Crippen LogP contribution in [-0.2, 0) is 15.8 Å². The average Bonchev–Trinajstić information content (AvgIpc) is 2.74. The molecule has 0 bridgehead atoms. The van der Waals surface area contributed by atoms with Gasteiger partial charge >= 0.3 is 6.18 Å². The minimum atomic E-state index is -4.68. The normalized spacial score (nSPS) is 13.6. The van der Waals surface area contributed by atoms with Crippen LogP contribution in [0.1, 0.15) is 52.5 Å². The van der Waals surface area contributed by atoms with Gasteiger partial charge in [-0.3, -0.25) is 9.59 Å². The van der Waals surface area contributed by atoms with E-state index in [1.165, 1.54) is 19.9 Å². The predicted octanol–water partition coefficient (Wildman–Crippen LogP) is 4.96. The van der Waals surface area contributed by atoms with Gasteiger partial charge in [0.25, 0.3) is 5.91 Å². The van der Waals surface area contributed by atoms with E-state index in [-0.39, 0.29) is 18.0 Å². The Labute approximate surface area is 196 Å². The molecule has 0 saturated heterocycles. The summed E-state index contributed by atoms with van der Waals surface area (Å²) in [5.74, 6) is -0.612. The van der Waals surface area contributed by atoms with Gasteiger partial charge in [0.1, 0.15) is 17.0 Å². The van der Waals surface area contributed by atoms with Crippen molar-refractivity contribution in [3.8, 4) is 5.75 Å². The largest absolute Gasteiger partial charge is 0.487 e. The van der Waals surface area contributed by atoms with Crippen LogP contribution in [0.5, 0.6) is 5.75 Å². The molecule has 34 heavy (non-hydrogen) atoms. The van der Waals surface area contributed by atoms with Crippen LogP contribution in [0.3, 0.4) is 0 Å². The summed E-state index contributed by atoms with van der Waals surface area (Å²) in [6.07, 6.45) is -3.91. The first kappa shape index (κ1) is 27.0. The van der Waals surface area contributed by atoms with Gasteiger partial charge in [0, 0.05) is 30.4 Å². The summed E-state index contributed by atoms with van der Waals surface area (Å²) >= 11 is 0. The molecule has 0 saturated carbocycles. The quantitative estimate of drug-likeness (QED) is 0.378. The zero-order valence-electron chi connectivity index (χ0n) is 19.5. The second-order valence-corrected chi connectivity index (χ2v) is 8.40. The molecule has 1 atom stereocenters. The molecule has 186 valence electrons. The van der Waals surface area contributed by atoms with Gasteiger partial charge in [-0.1, -0.05) is 13.8 Å². The van der Waals surface area contributed by atoms with Gasteiger partial charge in [0.2, 0.25) is 5.91 Å². The van der Waals surface area contributed by atoms with Crippen LogP contribution in [0, 0.1) is 0 Å². The first-order valence-corrected chi connectivity index (χ1v) is 10.8. The number of amides is 2. The fraction of sp³-hybridized carbons (Fsp3) is 0.417. The number of nitrogens with two attached hydrogens (primary N) is 1. The molecule has 1 unspecified atom stereocenters. The van der Waals surface area contributed by atoms with E-state index in [4.69, 9.17) is 10.5 Å². The highest BCUT2D eigenvalue weighted by molar-refractivity contribution is 5.97. The maximum Gasteiger partial charge on any atom is 0.418 e. The van der Waals surface area contributed by atoms with E-state index >= 15 is 0 Å². The number of nitrogen functional groups attached to an aromatic ring is 1. The van der Waals surface area contributed by atoms with Gasteiger partial charge in [-0.2, -0.15) is 13.2 Å². The summed E-state index contributed by atoms with van der Waals surface area (Å²) in [6, 6.07) is 9.65. The lowest BCUT2D eigenvalue weighted by molar-refractivity contribution is -0.139. The topological polar surface area (TPSA) is 114 Å². The molecule has 2 amide bonds. The van der Waals surface area contributed by atoms with E-state index in [0.29, 0.717) is 24.3 Å². The molecule has 0 aliphatic rings. The van der Waals surface area contributed by atoms with E-state index < -0.39 is 34.5 Å². The molecule has 2 rings (SSSR count). The number of alkyl halides is 3. The van der Waals surface area contributed by atoms with Crippen LogP contribution >= 0.6 is 0 Å². The van der Waals surface area contributed by atoms with Crippen LogP contribution < -0.4 is 21.1 Å². The third-order valence-corrected chi connectivity index (χ3v) is 5.57. The molecular formula is C24H30F3N3O4. The Bertz CT molecular complexity index is 1020. The highest BCUT2D eigenvalue weighted by Crippen LogP contribution is 2.36. The highest BCUT2D eigenvalue weighted by atomic mass is 19.4. The van der Waals surface area contributed by atoms with E-state index in [2.05, 4.69) is 10.6 Å². The lowest BCUT2D eigenvalue weighted by atomic mass is 9.83. The zero-order valence-corrected chi connectivity index (χ0v) is 19.5. The lowest BCUT2D eigenvalue weighted by Gasteiger charge is -2.38. The number of ether oxygens (including phenoxy) is 1. The first-order valence-electron chi connectivity index (χ1n) is 10.8. The molecule has 7 nitrogen and oxygen atoms in total. The lowest BCUT2D eigenvalue weighted by Crippen LogP contribution is -2.49.